The third-order valence-corrected chi connectivity index (χ3v) is 1.82. The SMILES string of the molecule is COc1nc(SC)ncc1C=O. The zero-order valence-electron chi connectivity index (χ0n) is 6.77. The molecule has 0 atom stereocenters. The fourth-order valence-electron chi connectivity index (χ4n) is 0.703. The Morgan fingerprint density at radius 3 is 2.92 bits per heavy atom. The third kappa shape index (κ3) is 1.73. The first-order chi connectivity index (χ1) is 5.81. The molecule has 0 bridgehead atoms. The third-order valence-electron chi connectivity index (χ3n) is 1.26. The monoisotopic (exact) mass is 184 g/mol. The van der Waals surface area contributed by atoms with Crippen LogP contribution in [0.5, 0.6) is 5.88 Å². The van der Waals surface area contributed by atoms with Gasteiger partial charge in [-0.15, -0.1) is 0 Å². The standard InChI is InChI=1S/C7H8N2O2S/c1-11-6-5(4-10)3-8-7(9-6)12-2/h3-4H,1-2H3. The van der Waals surface area contributed by atoms with Crippen molar-refractivity contribution in [2.24, 2.45) is 0 Å². The molecule has 0 aromatic carbocycles. The lowest BCUT2D eigenvalue weighted by Crippen LogP contribution is -1.97. The molecule has 12 heavy (non-hydrogen) atoms. The van der Waals surface area contributed by atoms with Crippen molar-refractivity contribution in [2.75, 3.05) is 13.4 Å². The zero-order valence-corrected chi connectivity index (χ0v) is 7.59. The van der Waals surface area contributed by atoms with Crippen LogP contribution in [0.3, 0.4) is 0 Å². The summed E-state index contributed by atoms with van der Waals surface area (Å²) in [6.45, 7) is 0. The van der Waals surface area contributed by atoms with Gasteiger partial charge in [0.2, 0.25) is 5.88 Å². The molecular weight excluding hydrogens is 176 g/mol. The molecule has 1 heterocycles. The quantitative estimate of drug-likeness (QED) is 0.399. The van der Waals surface area contributed by atoms with E-state index in [2.05, 4.69) is 9.97 Å². The van der Waals surface area contributed by atoms with Gasteiger partial charge in [0.05, 0.1) is 12.7 Å². The number of thioether (sulfide) groups is 1. The van der Waals surface area contributed by atoms with Crippen LogP contribution in [0.4, 0.5) is 0 Å². The first-order valence-electron chi connectivity index (χ1n) is 3.22. The molecule has 4 nitrogen and oxygen atoms in total. The van der Waals surface area contributed by atoms with E-state index in [0.29, 0.717) is 22.9 Å². The van der Waals surface area contributed by atoms with E-state index in [1.807, 2.05) is 6.26 Å². The van der Waals surface area contributed by atoms with Gasteiger partial charge in [-0.1, -0.05) is 11.8 Å². The molecule has 0 unspecified atom stereocenters. The molecule has 0 aliphatic heterocycles. The van der Waals surface area contributed by atoms with Crippen LogP contribution in [0.2, 0.25) is 0 Å². The van der Waals surface area contributed by atoms with Gasteiger partial charge in [0.15, 0.2) is 11.4 Å². The average molecular weight is 184 g/mol. The van der Waals surface area contributed by atoms with Crippen molar-refractivity contribution in [2.45, 2.75) is 5.16 Å². The van der Waals surface area contributed by atoms with Gasteiger partial charge in [0.25, 0.3) is 0 Å². The minimum atomic E-state index is 0.323. The van der Waals surface area contributed by atoms with Gasteiger partial charge in [-0.3, -0.25) is 4.79 Å². The molecular formula is C7H8N2O2S. The summed E-state index contributed by atoms with van der Waals surface area (Å²) in [5.41, 5.74) is 0.371. The van der Waals surface area contributed by atoms with E-state index in [4.69, 9.17) is 4.74 Å². The summed E-state index contributed by atoms with van der Waals surface area (Å²) in [5.74, 6) is 0.323. The summed E-state index contributed by atoms with van der Waals surface area (Å²) >= 11 is 1.40. The Kier molecular flexibility index (Phi) is 3.04. The minimum Gasteiger partial charge on any atom is -0.480 e. The maximum absolute atomic E-state index is 10.4. The van der Waals surface area contributed by atoms with Crippen molar-refractivity contribution in [3.8, 4) is 5.88 Å². The van der Waals surface area contributed by atoms with Crippen LogP contribution in [-0.2, 0) is 0 Å². The maximum atomic E-state index is 10.4. The van der Waals surface area contributed by atoms with Crippen molar-refractivity contribution in [3.05, 3.63) is 11.8 Å². The van der Waals surface area contributed by atoms with E-state index in [1.165, 1.54) is 25.1 Å². The van der Waals surface area contributed by atoms with Gasteiger partial charge in [-0.25, -0.2) is 4.98 Å². The molecule has 0 fully saturated rings. The van der Waals surface area contributed by atoms with Crippen molar-refractivity contribution in [1.29, 1.82) is 0 Å². The Bertz CT molecular complexity index is 291. The summed E-state index contributed by atoms with van der Waals surface area (Å²) in [6.07, 6.45) is 3.98. The topological polar surface area (TPSA) is 52.1 Å². The lowest BCUT2D eigenvalue weighted by Gasteiger charge is -2.01. The fourth-order valence-corrected chi connectivity index (χ4v) is 1.04. The smallest absolute Gasteiger partial charge is 0.227 e. The molecule has 0 spiro atoms. The Morgan fingerprint density at radius 2 is 2.42 bits per heavy atom. The van der Waals surface area contributed by atoms with E-state index in [-0.39, 0.29) is 0 Å². The van der Waals surface area contributed by atoms with Crippen molar-refractivity contribution >= 4 is 18.0 Å². The van der Waals surface area contributed by atoms with Crippen LogP contribution in [0.15, 0.2) is 11.4 Å². The number of carbonyl (C=O) groups excluding carboxylic acids is 1. The summed E-state index contributed by atoms with van der Waals surface area (Å²) < 4.78 is 4.88. The number of nitrogens with zero attached hydrogens (tertiary/aromatic N) is 2. The van der Waals surface area contributed by atoms with Gasteiger partial charge in [0.1, 0.15) is 0 Å². The number of rotatable bonds is 3. The lowest BCUT2D eigenvalue weighted by atomic mass is 10.4. The van der Waals surface area contributed by atoms with Gasteiger partial charge >= 0.3 is 0 Å². The number of hydrogen-bond acceptors (Lipinski definition) is 5. The number of carbonyl (C=O) groups is 1. The Hall–Kier alpha value is -1.10. The number of hydrogen-bond donors (Lipinski definition) is 0. The second-order valence-electron chi connectivity index (χ2n) is 1.94. The van der Waals surface area contributed by atoms with Crippen LogP contribution in [0.25, 0.3) is 0 Å². The van der Waals surface area contributed by atoms with Crippen molar-refractivity contribution in [1.82, 2.24) is 9.97 Å². The molecule has 0 amide bonds. The van der Waals surface area contributed by atoms with Crippen LogP contribution in [0, 0.1) is 0 Å². The molecule has 1 aromatic rings. The van der Waals surface area contributed by atoms with Gasteiger partial charge in [0, 0.05) is 6.20 Å². The second-order valence-corrected chi connectivity index (χ2v) is 2.71. The molecule has 64 valence electrons. The molecule has 0 aliphatic carbocycles. The molecule has 0 N–H and O–H groups in total. The predicted molar refractivity (Wildman–Crippen MR) is 45.8 cm³/mol. The second kappa shape index (κ2) is 4.06. The van der Waals surface area contributed by atoms with E-state index >= 15 is 0 Å². The van der Waals surface area contributed by atoms with Crippen LogP contribution in [-0.4, -0.2) is 29.6 Å². The normalized spacial score (nSPS) is 9.50. The average Bonchev–Trinajstić information content (AvgIpc) is 2.16. The van der Waals surface area contributed by atoms with E-state index in [9.17, 15) is 4.79 Å². The Balaban J connectivity index is 3.10. The molecule has 1 rings (SSSR count). The zero-order chi connectivity index (χ0) is 8.97. The predicted octanol–water partition coefficient (Wildman–Crippen LogP) is 1.02. The van der Waals surface area contributed by atoms with E-state index in [0.717, 1.165) is 0 Å². The van der Waals surface area contributed by atoms with Crippen LogP contribution in [0.1, 0.15) is 10.4 Å². The van der Waals surface area contributed by atoms with Gasteiger partial charge in [-0.2, -0.15) is 4.98 Å². The summed E-state index contributed by atoms with van der Waals surface area (Å²) in [7, 11) is 1.47. The van der Waals surface area contributed by atoms with E-state index < -0.39 is 0 Å². The number of methoxy groups -OCH3 is 1. The fraction of sp³-hybridized carbons (Fsp3) is 0.286. The summed E-state index contributed by atoms with van der Waals surface area (Å²) in [4.78, 5) is 18.3. The Labute approximate surface area is 74.4 Å². The Morgan fingerprint density at radius 1 is 1.67 bits per heavy atom. The highest BCUT2D eigenvalue weighted by Gasteiger charge is 2.04. The van der Waals surface area contributed by atoms with Crippen LogP contribution >= 0.6 is 11.8 Å². The first-order valence-corrected chi connectivity index (χ1v) is 4.44. The van der Waals surface area contributed by atoms with E-state index in [1.54, 1.807) is 0 Å². The molecule has 0 radical (unpaired) electrons. The molecule has 0 aliphatic rings. The summed E-state index contributed by atoms with van der Waals surface area (Å²) in [5, 5.41) is 0.595. The molecule has 5 heteroatoms. The minimum absolute atomic E-state index is 0.323. The maximum Gasteiger partial charge on any atom is 0.227 e. The van der Waals surface area contributed by atoms with Gasteiger partial charge in [-0.05, 0) is 6.26 Å². The number of aldehydes is 1. The molecule has 0 saturated carbocycles. The summed E-state index contributed by atoms with van der Waals surface area (Å²) in [6, 6.07) is 0. The number of ether oxygens (including phenoxy) is 1. The van der Waals surface area contributed by atoms with Crippen LogP contribution < -0.4 is 4.74 Å². The number of aromatic nitrogens is 2. The molecule has 0 saturated heterocycles. The largest absolute Gasteiger partial charge is 0.480 e. The van der Waals surface area contributed by atoms with Gasteiger partial charge < -0.3 is 4.74 Å². The highest BCUT2D eigenvalue weighted by Crippen LogP contribution is 2.16. The van der Waals surface area contributed by atoms with Crippen molar-refractivity contribution in [3.63, 3.8) is 0 Å². The van der Waals surface area contributed by atoms with Crippen molar-refractivity contribution < 1.29 is 9.53 Å². The lowest BCUT2D eigenvalue weighted by molar-refractivity contribution is 0.111. The highest BCUT2D eigenvalue weighted by molar-refractivity contribution is 7.98. The molecule has 1 aromatic heterocycles. The first kappa shape index (κ1) is 8.99. The highest BCUT2D eigenvalue weighted by atomic mass is 32.2.